The number of rotatable bonds is 7. The number of hydrogen-bond donors (Lipinski definition) is 2. The summed E-state index contributed by atoms with van der Waals surface area (Å²) in [5, 5.41) is 12.1. The predicted molar refractivity (Wildman–Crippen MR) is 104 cm³/mol. The third kappa shape index (κ3) is 4.42. The molecule has 1 aliphatic heterocycles. The number of aliphatic hydroxyl groups is 1. The number of carbonyl (C=O) groups is 1. The number of sulfone groups is 1. The van der Waals surface area contributed by atoms with Crippen molar-refractivity contribution >= 4 is 21.4 Å². The van der Waals surface area contributed by atoms with Crippen molar-refractivity contribution in [2.24, 2.45) is 5.41 Å². The van der Waals surface area contributed by atoms with E-state index in [1.807, 2.05) is 0 Å². The highest BCUT2D eigenvalue weighted by atomic mass is 32.2. The Balaban J connectivity index is 1.90. The maximum atomic E-state index is 13.4. The van der Waals surface area contributed by atoms with E-state index in [1.165, 1.54) is 43.5 Å². The number of hydrogen-bond acceptors (Lipinski definition) is 6. The normalized spacial score (nSPS) is 15.4. The van der Waals surface area contributed by atoms with E-state index in [4.69, 9.17) is 9.47 Å². The highest BCUT2D eigenvalue weighted by Crippen LogP contribution is 2.32. The molecule has 7 nitrogen and oxygen atoms in total. The molecule has 0 radical (unpaired) electrons. The third-order valence-electron chi connectivity index (χ3n) is 4.84. The number of halogens is 1. The molecule has 1 amide bonds. The Hall–Kier alpha value is -2.49. The average molecular weight is 423 g/mol. The molecule has 0 aliphatic carbocycles. The van der Waals surface area contributed by atoms with E-state index in [0.717, 1.165) is 0 Å². The van der Waals surface area contributed by atoms with Gasteiger partial charge in [-0.15, -0.1) is 0 Å². The number of carbonyl (C=O) groups excluding carboxylic acids is 1. The van der Waals surface area contributed by atoms with Gasteiger partial charge in [0.1, 0.15) is 11.6 Å². The first kappa shape index (κ1) is 21.2. The van der Waals surface area contributed by atoms with E-state index in [0.29, 0.717) is 11.3 Å². The van der Waals surface area contributed by atoms with Gasteiger partial charge in [0, 0.05) is 5.69 Å². The summed E-state index contributed by atoms with van der Waals surface area (Å²) in [5.74, 6) is -1.08. The SMILES string of the molecule is COc1ccc(S(=O)(=O)CC2(CO)COC2)cc1C(=O)Nc1ccc(F)c(C)c1. The van der Waals surface area contributed by atoms with Crippen LogP contribution < -0.4 is 10.1 Å². The molecule has 2 aromatic carbocycles. The molecule has 0 aromatic heterocycles. The van der Waals surface area contributed by atoms with Crippen molar-refractivity contribution in [3.05, 3.63) is 53.3 Å². The van der Waals surface area contributed by atoms with E-state index in [9.17, 15) is 22.7 Å². The maximum absolute atomic E-state index is 13.4. The Labute approximate surface area is 168 Å². The quantitative estimate of drug-likeness (QED) is 0.708. The van der Waals surface area contributed by atoms with Crippen LogP contribution in [-0.2, 0) is 14.6 Å². The predicted octanol–water partition coefficient (Wildman–Crippen LogP) is 2.18. The second kappa shape index (κ2) is 8.10. The molecule has 156 valence electrons. The first-order valence-corrected chi connectivity index (χ1v) is 10.5. The van der Waals surface area contributed by atoms with Gasteiger partial charge in [0.15, 0.2) is 9.84 Å². The van der Waals surface area contributed by atoms with Gasteiger partial charge in [0.05, 0.1) is 48.6 Å². The topological polar surface area (TPSA) is 102 Å². The number of ether oxygens (including phenoxy) is 2. The van der Waals surface area contributed by atoms with Crippen molar-refractivity contribution < 1.29 is 32.2 Å². The Kier molecular flexibility index (Phi) is 5.92. The largest absolute Gasteiger partial charge is 0.496 e. The molecule has 0 saturated carbocycles. The zero-order valence-electron chi connectivity index (χ0n) is 16.1. The number of aryl methyl sites for hydroxylation is 1. The summed E-state index contributed by atoms with van der Waals surface area (Å²) in [4.78, 5) is 12.7. The first-order chi connectivity index (χ1) is 13.7. The molecule has 2 aromatic rings. The van der Waals surface area contributed by atoms with E-state index in [-0.39, 0.29) is 41.8 Å². The molecule has 0 unspecified atom stereocenters. The minimum atomic E-state index is -3.78. The van der Waals surface area contributed by atoms with Gasteiger partial charge in [-0.3, -0.25) is 4.79 Å². The van der Waals surface area contributed by atoms with E-state index < -0.39 is 27.0 Å². The number of benzene rings is 2. The van der Waals surface area contributed by atoms with Crippen molar-refractivity contribution in [2.75, 3.05) is 38.0 Å². The van der Waals surface area contributed by atoms with Crippen molar-refractivity contribution in [1.82, 2.24) is 0 Å². The summed E-state index contributed by atoms with van der Waals surface area (Å²) in [6.07, 6.45) is 0. The summed E-state index contributed by atoms with van der Waals surface area (Å²) in [6.45, 7) is 1.59. The highest BCUT2D eigenvalue weighted by Gasteiger charge is 2.42. The monoisotopic (exact) mass is 423 g/mol. The lowest BCUT2D eigenvalue weighted by Crippen LogP contribution is -2.50. The fourth-order valence-electron chi connectivity index (χ4n) is 3.08. The lowest BCUT2D eigenvalue weighted by Gasteiger charge is -2.39. The lowest BCUT2D eigenvalue weighted by molar-refractivity contribution is -0.122. The zero-order chi connectivity index (χ0) is 21.2. The molecule has 1 fully saturated rings. The summed E-state index contributed by atoms with van der Waals surface area (Å²) in [6, 6.07) is 8.12. The molecular weight excluding hydrogens is 401 g/mol. The number of nitrogens with one attached hydrogen (secondary N) is 1. The third-order valence-corrected chi connectivity index (χ3v) is 6.80. The number of amides is 1. The van der Waals surface area contributed by atoms with Crippen LogP contribution in [0.4, 0.5) is 10.1 Å². The molecule has 0 bridgehead atoms. The van der Waals surface area contributed by atoms with Crippen LogP contribution in [0.15, 0.2) is 41.3 Å². The summed E-state index contributed by atoms with van der Waals surface area (Å²) < 4.78 is 49.4. The molecule has 3 rings (SSSR count). The van der Waals surface area contributed by atoms with Gasteiger partial charge in [-0.1, -0.05) is 0 Å². The van der Waals surface area contributed by atoms with Crippen LogP contribution in [0.3, 0.4) is 0 Å². The van der Waals surface area contributed by atoms with E-state index in [1.54, 1.807) is 6.92 Å². The van der Waals surface area contributed by atoms with Crippen LogP contribution in [0, 0.1) is 18.2 Å². The fourth-order valence-corrected chi connectivity index (χ4v) is 4.88. The van der Waals surface area contributed by atoms with E-state index >= 15 is 0 Å². The highest BCUT2D eigenvalue weighted by molar-refractivity contribution is 7.91. The van der Waals surface area contributed by atoms with E-state index in [2.05, 4.69) is 5.32 Å². The van der Waals surface area contributed by atoms with Crippen LogP contribution in [0.2, 0.25) is 0 Å². The number of anilines is 1. The molecule has 1 heterocycles. The van der Waals surface area contributed by atoms with Crippen LogP contribution in [-0.4, -0.2) is 52.1 Å². The van der Waals surface area contributed by atoms with Gasteiger partial charge in [0.2, 0.25) is 0 Å². The zero-order valence-corrected chi connectivity index (χ0v) is 16.9. The second-order valence-corrected chi connectivity index (χ2v) is 9.18. The summed E-state index contributed by atoms with van der Waals surface area (Å²) in [7, 11) is -2.41. The maximum Gasteiger partial charge on any atom is 0.259 e. The van der Waals surface area contributed by atoms with Gasteiger partial charge in [0.25, 0.3) is 5.91 Å². The number of aliphatic hydroxyl groups excluding tert-OH is 1. The van der Waals surface area contributed by atoms with Crippen LogP contribution in [0.1, 0.15) is 15.9 Å². The van der Waals surface area contributed by atoms with Gasteiger partial charge < -0.3 is 19.9 Å². The summed E-state index contributed by atoms with van der Waals surface area (Å²) >= 11 is 0. The van der Waals surface area contributed by atoms with Crippen molar-refractivity contribution in [1.29, 1.82) is 0 Å². The molecule has 0 spiro atoms. The van der Waals surface area contributed by atoms with Crippen molar-refractivity contribution in [3.8, 4) is 5.75 Å². The Morgan fingerprint density at radius 1 is 1.28 bits per heavy atom. The van der Waals surface area contributed by atoms with Crippen LogP contribution in [0.25, 0.3) is 0 Å². The molecule has 1 aliphatic rings. The lowest BCUT2D eigenvalue weighted by atomic mass is 9.90. The molecular formula is C20H22FNO6S. The van der Waals surface area contributed by atoms with Gasteiger partial charge in [-0.25, -0.2) is 12.8 Å². The van der Waals surface area contributed by atoms with Gasteiger partial charge in [-0.05, 0) is 48.9 Å². The minimum Gasteiger partial charge on any atom is -0.496 e. The van der Waals surface area contributed by atoms with Gasteiger partial charge in [-0.2, -0.15) is 0 Å². The molecule has 9 heteroatoms. The van der Waals surface area contributed by atoms with Crippen molar-refractivity contribution in [3.63, 3.8) is 0 Å². The van der Waals surface area contributed by atoms with Gasteiger partial charge >= 0.3 is 0 Å². The average Bonchev–Trinajstić information content (AvgIpc) is 2.67. The Morgan fingerprint density at radius 3 is 2.55 bits per heavy atom. The molecule has 29 heavy (non-hydrogen) atoms. The Morgan fingerprint density at radius 2 is 2.00 bits per heavy atom. The molecule has 1 saturated heterocycles. The second-order valence-electron chi connectivity index (χ2n) is 7.19. The molecule has 2 N–H and O–H groups in total. The summed E-state index contributed by atoms with van der Waals surface area (Å²) in [5.41, 5.74) is -0.0658. The smallest absolute Gasteiger partial charge is 0.259 e. The fraction of sp³-hybridized carbons (Fsp3) is 0.350. The molecule has 0 atom stereocenters. The number of methoxy groups -OCH3 is 1. The Bertz CT molecular complexity index is 1030. The first-order valence-electron chi connectivity index (χ1n) is 8.87. The standard InChI is InChI=1S/C20H22FNO6S/c1-13-7-14(3-5-17(13)21)22-19(24)16-8-15(4-6-18(16)27-2)29(25,26)12-20(9-23)10-28-11-20/h3-8,23H,9-12H2,1-2H3,(H,22,24). The van der Waals surface area contributed by atoms with Crippen LogP contribution >= 0.6 is 0 Å². The van der Waals surface area contributed by atoms with Crippen LogP contribution in [0.5, 0.6) is 5.75 Å². The van der Waals surface area contributed by atoms with Crippen molar-refractivity contribution in [2.45, 2.75) is 11.8 Å². The minimum absolute atomic E-state index is 0.0264.